The van der Waals surface area contributed by atoms with Gasteiger partial charge in [-0.15, -0.1) is 0 Å². The lowest BCUT2D eigenvalue weighted by Crippen LogP contribution is -2.14. The van der Waals surface area contributed by atoms with Crippen LogP contribution >= 0.6 is 0 Å². The van der Waals surface area contributed by atoms with Crippen LogP contribution in [0.3, 0.4) is 0 Å². The first-order valence-corrected chi connectivity index (χ1v) is 6.50. The van der Waals surface area contributed by atoms with Crippen LogP contribution in [0.15, 0.2) is 30.7 Å². The van der Waals surface area contributed by atoms with E-state index in [0.717, 1.165) is 11.6 Å². The van der Waals surface area contributed by atoms with Gasteiger partial charge in [-0.05, 0) is 32.4 Å². The molecular formula is C14H18N4O2. The van der Waals surface area contributed by atoms with E-state index < -0.39 is 6.10 Å². The lowest BCUT2D eigenvalue weighted by Gasteiger charge is -2.08. The van der Waals surface area contributed by atoms with Crippen LogP contribution in [-0.2, 0) is 4.79 Å². The molecule has 0 bridgehead atoms. The maximum atomic E-state index is 11.6. The lowest BCUT2D eigenvalue weighted by molar-refractivity contribution is -0.116. The molecule has 0 saturated carbocycles. The second-order valence-electron chi connectivity index (χ2n) is 4.69. The fourth-order valence-electron chi connectivity index (χ4n) is 1.79. The highest BCUT2D eigenvalue weighted by Crippen LogP contribution is 2.12. The van der Waals surface area contributed by atoms with Crippen LogP contribution in [0.25, 0.3) is 5.82 Å². The van der Waals surface area contributed by atoms with E-state index in [0.29, 0.717) is 18.5 Å². The molecule has 0 aromatic carbocycles. The van der Waals surface area contributed by atoms with Crippen molar-refractivity contribution in [2.45, 2.75) is 32.8 Å². The number of aryl methyl sites for hydroxylation is 1. The Bertz CT molecular complexity index is 575. The molecule has 0 saturated heterocycles. The number of hydrogen-bond acceptors (Lipinski definition) is 4. The maximum absolute atomic E-state index is 11.6. The van der Waals surface area contributed by atoms with Gasteiger partial charge in [-0.2, -0.15) is 0 Å². The second kappa shape index (κ2) is 6.29. The van der Waals surface area contributed by atoms with Crippen molar-refractivity contribution in [2.24, 2.45) is 0 Å². The van der Waals surface area contributed by atoms with Crippen molar-refractivity contribution in [3.05, 3.63) is 36.5 Å². The quantitative estimate of drug-likeness (QED) is 0.869. The van der Waals surface area contributed by atoms with Crippen LogP contribution in [0.2, 0.25) is 0 Å². The third-order valence-corrected chi connectivity index (χ3v) is 2.89. The van der Waals surface area contributed by atoms with E-state index in [-0.39, 0.29) is 5.91 Å². The third-order valence-electron chi connectivity index (χ3n) is 2.89. The zero-order valence-corrected chi connectivity index (χ0v) is 11.6. The van der Waals surface area contributed by atoms with E-state index in [1.165, 1.54) is 0 Å². The van der Waals surface area contributed by atoms with E-state index in [2.05, 4.69) is 15.3 Å². The number of nitrogens with one attached hydrogen (secondary N) is 1. The summed E-state index contributed by atoms with van der Waals surface area (Å²) in [4.78, 5) is 20.0. The van der Waals surface area contributed by atoms with Gasteiger partial charge in [0, 0.05) is 18.8 Å². The molecule has 6 heteroatoms. The maximum Gasteiger partial charge on any atom is 0.224 e. The molecule has 0 aliphatic carbocycles. The Morgan fingerprint density at radius 1 is 1.45 bits per heavy atom. The number of aliphatic hydroxyl groups is 1. The first-order chi connectivity index (χ1) is 9.56. The molecule has 0 fully saturated rings. The zero-order valence-electron chi connectivity index (χ0n) is 11.6. The highest BCUT2D eigenvalue weighted by Gasteiger charge is 2.06. The number of nitrogens with zero attached hydrogens (tertiary/aromatic N) is 3. The van der Waals surface area contributed by atoms with Crippen LogP contribution in [0, 0.1) is 6.92 Å². The number of carbonyl (C=O) groups excluding carboxylic acids is 1. The third kappa shape index (κ3) is 3.64. The van der Waals surface area contributed by atoms with Gasteiger partial charge in [0.05, 0.1) is 18.0 Å². The molecule has 2 aromatic heterocycles. The Labute approximate surface area is 117 Å². The Morgan fingerprint density at radius 3 is 2.80 bits per heavy atom. The number of hydrogen-bond donors (Lipinski definition) is 2. The highest BCUT2D eigenvalue weighted by molar-refractivity contribution is 5.90. The predicted octanol–water partition coefficient (Wildman–Crippen LogP) is 1.68. The molecular weight excluding hydrogens is 256 g/mol. The van der Waals surface area contributed by atoms with Gasteiger partial charge in [0.1, 0.15) is 11.6 Å². The van der Waals surface area contributed by atoms with Crippen molar-refractivity contribution < 1.29 is 9.90 Å². The smallest absolute Gasteiger partial charge is 0.224 e. The summed E-state index contributed by atoms with van der Waals surface area (Å²) in [5.74, 6) is 1.48. The molecule has 6 nitrogen and oxygen atoms in total. The molecule has 0 aliphatic rings. The number of anilines is 1. The van der Waals surface area contributed by atoms with Crippen molar-refractivity contribution in [1.29, 1.82) is 0 Å². The summed E-state index contributed by atoms with van der Waals surface area (Å²) in [5.41, 5.74) is 0.641. The summed E-state index contributed by atoms with van der Waals surface area (Å²) in [6, 6.07) is 3.61. The molecule has 1 atom stereocenters. The van der Waals surface area contributed by atoms with Crippen LogP contribution in [0.4, 0.5) is 5.69 Å². The van der Waals surface area contributed by atoms with Gasteiger partial charge in [-0.3, -0.25) is 9.36 Å². The molecule has 2 aromatic rings. The van der Waals surface area contributed by atoms with Gasteiger partial charge in [0.2, 0.25) is 5.91 Å². The summed E-state index contributed by atoms with van der Waals surface area (Å²) in [7, 11) is 0. The average Bonchev–Trinajstić information content (AvgIpc) is 2.84. The summed E-state index contributed by atoms with van der Waals surface area (Å²) in [5, 5.41) is 11.9. The van der Waals surface area contributed by atoms with E-state index >= 15 is 0 Å². The Kier molecular flexibility index (Phi) is 4.47. The second-order valence-corrected chi connectivity index (χ2v) is 4.69. The molecule has 1 amide bonds. The molecule has 2 N–H and O–H groups in total. The van der Waals surface area contributed by atoms with Crippen LogP contribution < -0.4 is 5.32 Å². The van der Waals surface area contributed by atoms with Gasteiger partial charge >= 0.3 is 0 Å². The number of aliphatic hydroxyl groups excluding tert-OH is 1. The molecule has 0 radical (unpaired) electrons. The van der Waals surface area contributed by atoms with E-state index in [4.69, 9.17) is 5.11 Å². The molecule has 0 spiro atoms. The Balaban J connectivity index is 1.98. The Morgan fingerprint density at radius 2 is 2.25 bits per heavy atom. The van der Waals surface area contributed by atoms with Gasteiger partial charge in [-0.25, -0.2) is 9.97 Å². The minimum Gasteiger partial charge on any atom is -0.393 e. The van der Waals surface area contributed by atoms with Gasteiger partial charge in [-0.1, -0.05) is 0 Å². The Hall–Kier alpha value is -2.21. The van der Waals surface area contributed by atoms with E-state index in [9.17, 15) is 4.79 Å². The molecule has 0 aliphatic heterocycles. The normalized spacial score (nSPS) is 12.2. The fourth-order valence-corrected chi connectivity index (χ4v) is 1.79. The van der Waals surface area contributed by atoms with E-state index in [1.54, 1.807) is 25.4 Å². The standard InChI is InChI=1S/C14H18N4O2/c1-10(19)3-6-14(20)17-12-4-5-13(16-9-12)18-8-7-15-11(18)2/h4-5,7-10,19H,3,6H2,1-2H3,(H,17,20). The first kappa shape index (κ1) is 14.2. The van der Waals surface area contributed by atoms with Crippen molar-refractivity contribution in [2.75, 3.05) is 5.32 Å². The van der Waals surface area contributed by atoms with Crippen molar-refractivity contribution in [3.8, 4) is 5.82 Å². The number of aromatic nitrogens is 3. The van der Waals surface area contributed by atoms with Crippen molar-refractivity contribution in [3.63, 3.8) is 0 Å². The summed E-state index contributed by atoms with van der Waals surface area (Å²) in [6.45, 7) is 3.56. The topological polar surface area (TPSA) is 80.0 Å². The van der Waals surface area contributed by atoms with Crippen LogP contribution in [0.5, 0.6) is 0 Å². The lowest BCUT2D eigenvalue weighted by atomic mass is 10.2. The number of amides is 1. The summed E-state index contributed by atoms with van der Waals surface area (Å²) >= 11 is 0. The zero-order chi connectivity index (χ0) is 14.5. The van der Waals surface area contributed by atoms with Crippen LogP contribution in [0.1, 0.15) is 25.6 Å². The SMILES string of the molecule is Cc1nccn1-c1ccc(NC(=O)CCC(C)O)cn1. The average molecular weight is 274 g/mol. The minimum atomic E-state index is -0.467. The molecule has 2 heterocycles. The monoisotopic (exact) mass is 274 g/mol. The molecule has 106 valence electrons. The van der Waals surface area contributed by atoms with Crippen molar-refractivity contribution >= 4 is 11.6 Å². The predicted molar refractivity (Wildman–Crippen MR) is 75.6 cm³/mol. The van der Waals surface area contributed by atoms with Crippen LogP contribution in [-0.4, -0.2) is 31.7 Å². The summed E-state index contributed by atoms with van der Waals surface area (Å²) in [6.07, 6.45) is 5.42. The van der Waals surface area contributed by atoms with Gasteiger partial charge < -0.3 is 10.4 Å². The van der Waals surface area contributed by atoms with Gasteiger partial charge in [0.25, 0.3) is 0 Å². The van der Waals surface area contributed by atoms with Gasteiger partial charge in [0.15, 0.2) is 0 Å². The molecule has 1 unspecified atom stereocenters. The first-order valence-electron chi connectivity index (χ1n) is 6.50. The number of carbonyl (C=O) groups is 1. The number of pyridine rings is 1. The highest BCUT2D eigenvalue weighted by atomic mass is 16.3. The fraction of sp³-hybridized carbons (Fsp3) is 0.357. The largest absolute Gasteiger partial charge is 0.393 e. The number of imidazole rings is 1. The minimum absolute atomic E-state index is 0.126. The molecule has 2 rings (SSSR count). The number of rotatable bonds is 5. The summed E-state index contributed by atoms with van der Waals surface area (Å²) < 4.78 is 1.86. The van der Waals surface area contributed by atoms with E-state index in [1.807, 2.05) is 23.8 Å². The van der Waals surface area contributed by atoms with Crippen molar-refractivity contribution in [1.82, 2.24) is 14.5 Å². The molecule has 20 heavy (non-hydrogen) atoms.